The van der Waals surface area contributed by atoms with E-state index >= 15 is 0 Å². The third-order valence-corrected chi connectivity index (χ3v) is 4.58. The smallest absolute Gasteiger partial charge is 0.416 e. The van der Waals surface area contributed by atoms with Crippen molar-refractivity contribution in [2.45, 2.75) is 25.9 Å². The Hall–Kier alpha value is -3.15. The lowest BCUT2D eigenvalue weighted by Crippen LogP contribution is -2.10. The number of hydrogen-bond donors (Lipinski definition) is 0. The summed E-state index contributed by atoms with van der Waals surface area (Å²) in [5.41, 5.74) is 3.19. The lowest BCUT2D eigenvalue weighted by atomic mass is 9.98. The molecule has 0 saturated carbocycles. The number of aromatic nitrogens is 1. The summed E-state index contributed by atoms with van der Waals surface area (Å²) in [6, 6.07) is 14.6. The van der Waals surface area contributed by atoms with Gasteiger partial charge in [-0.15, -0.1) is 0 Å². The SMILES string of the molecule is COc1ccc(C(F)(F)F)cc1CC(=O)Cc1ccc(-c2ccnc(C)c2)cc1. The van der Waals surface area contributed by atoms with E-state index in [4.69, 9.17) is 4.74 Å². The summed E-state index contributed by atoms with van der Waals surface area (Å²) in [4.78, 5) is 16.6. The fraction of sp³-hybridized carbons (Fsp3) is 0.217. The Morgan fingerprint density at radius 3 is 2.31 bits per heavy atom. The number of ether oxygens (including phenoxy) is 1. The molecule has 2 aromatic carbocycles. The molecule has 0 atom stereocenters. The summed E-state index contributed by atoms with van der Waals surface area (Å²) in [6.45, 7) is 1.92. The third-order valence-electron chi connectivity index (χ3n) is 4.58. The highest BCUT2D eigenvalue weighted by molar-refractivity contribution is 5.84. The largest absolute Gasteiger partial charge is 0.496 e. The molecule has 0 bridgehead atoms. The van der Waals surface area contributed by atoms with E-state index < -0.39 is 11.7 Å². The van der Waals surface area contributed by atoms with Crippen LogP contribution in [0.25, 0.3) is 11.1 Å². The van der Waals surface area contributed by atoms with Gasteiger partial charge in [0.05, 0.1) is 12.7 Å². The molecule has 0 radical (unpaired) electrons. The Morgan fingerprint density at radius 1 is 0.966 bits per heavy atom. The van der Waals surface area contributed by atoms with Gasteiger partial charge < -0.3 is 4.74 Å². The molecule has 3 nitrogen and oxygen atoms in total. The van der Waals surface area contributed by atoms with Crippen LogP contribution in [-0.4, -0.2) is 17.9 Å². The average Bonchev–Trinajstić information content (AvgIpc) is 2.67. The number of pyridine rings is 1. The van der Waals surface area contributed by atoms with Crippen molar-refractivity contribution in [1.29, 1.82) is 0 Å². The van der Waals surface area contributed by atoms with Gasteiger partial charge in [-0.1, -0.05) is 24.3 Å². The zero-order valence-corrected chi connectivity index (χ0v) is 16.1. The predicted octanol–water partition coefficient (Wildman–Crippen LogP) is 5.44. The fourth-order valence-corrected chi connectivity index (χ4v) is 3.14. The summed E-state index contributed by atoms with van der Waals surface area (Å²) in [5, 5.41) is 0. The Labute approximate surface area is 167 Å². The lowest BCUT2D eigenvalue weighted by Gasteiger charge is -2.12. The maximum atomic E-state index is 13.0. The highest BCUT2D eigenvalue weighted by Gasteiger charge is 2.31. The van der Waals surface area contributed by atoms with Crippen LogP contribution >= 0.6 is 0 Å². The molecule has 0 unspecified atom stereocenters. The molecule has 6 heteroatoms. The van der Waals surface area contributed by atoms with Crippen LogP contribution in [0.1, 0.15) is 22.4 Å². The van der Waals surface area contributed by atoms with Crippen LogP contribution in [0.4, 0.5) is 13.2 Å². The molecule has 0 aliphatic rings. The minimum Gasteiger partial charge on any atom is -0.496 e. The van der Waals surface area contributed by atoms with E-state index in [-0.39, 0.29) is 29.9 Å². The second-order valence-corrected chi connectivity index (χ2v) is 6.80. The zero-order valence-electron chi connectivity index (χ0n) is 16.1. The molecule has 0 saturated heterocycles. The zero-order chi connectivity index (χ0) is 21.0. The topological polar surface area (TPSA) is 39.2 Å². The summed E-state index contributed by atoms with van der Waals surface area (Å²) in [5.74, 6) is 0.0879. The van der Waals surface area contributed by atoms with Gasteiger partial charge in [-0.25, -0.2) is 0 Å². The first kappa shape index (κ1) is 20.6. The van der Waals surface area contributed by atoms with Gasteiger partial charge in [-0.2, -0.15) is 13.2 Å². The van der Waals surface area contributed by atoms with Gasteiger partial charge >= 0.3 is 6.18 Å². The molecule has 0 aliphatic carbocycles. The van der Waals surface area contributed by atoms with E-state index in [1.165, 1.54) is 13.2 Å². The number of carbonyl (C=O) groups is 1. The quantitative estimate of drug-likeness (QED) is 0.554. The molecular formula is C23H20F3NO2. The van der Waals surface area contributed by atoms with E-state index in [0.29, 0.717) is 0 Å². The number of benzene rings is 2. The summed E-state index contributed by atoms with van der Waals surface area (Å²) in [7, 11) is 1.37. The van der Waals surface area contributed by atoms with Crippen LogP contribution < -0.4 is 4.74 Å². The number of hydrogen-bond acceptors (Lipinski definition) is 3. The van der Waals surface area contributed by atoms with Crippen molar-refractivity contribution < 1.29 is 22.7 Å². The lowest BCUT2D eigenvalue weighted by molar-refractivity contribution is -0.137. The Kier molecular flexibility index (Phi) is 6.01. The maximum Gasteiger partial charge on any atom is 0.416 e. The molecule has 0 fully saturated rings. The standard InChI is InChI=1S/C23H20F3NO2/c1-15-11-18(9-10-27-15)17-5-3-16(4-6-17)12-21(28)14-19-13-20(23(24,25)26)7-8-22(19)29-2/h3-11,13H,12,14H2,1-2H3. The van der Waals surface area contributed by atoms with Crippen molar-refractivity contribution in [3.63, 3.8) is 0 Å². The second-order valence-electron chi connectivity index (χ2n) is 6.80. The minimum atomic E-state index is -4.47. The monoisotopic (exact) mass is 399 g/mol. The van der Waals surface area contributed by atoms with Crippen LogP contribution in [0.15, 0.2) is 60.8 Å². The molecule has 0 aliphatic heterocycles. The van der Waals surface area contributed by atoms with Crippen molar-refractivity contribution >= 4 is 5.78 Å². The van der Waals surface area contributed by atoms with Crippen LogP contribution in [0, 0.1) is 6.92 Å². The van der Waals surface area contributed by atoms with Crippen LogP contribution in [0.3, 0.4) is 0 Å². The molecule has 1 aromatic heterocycles. The van der Waals surface area contributed by atoms with Crippen LogP contribution in [0.5, 0.6) is 5.75 Å². The molecule has 29 heavy (non-hydrogen) atoms. The maximum absolute atomic E-state index is 13.0. The van der Waals surface area contributed by atoms with Crippen LogP contribution in [0.2, 0.25) is 0 Å². The summed E-state index contributed by atoms with van der Waals surface area (Å²) >= 11 is 0. The van der Waals surface area contributed by atoms with Gasteiger partial charge in [0.15, 0.2) is 0 Å². The number of alkyl halides is 3. The number of ketones is 1. The molecule has 0 amide bonds. The number of carbonyl (C=O) groups excluding carboxylic acids is 1. The van der Waals surface area contributed by atoms with Gasteiger partial charge in [0.2, 0.25) is 0 Å². The van der Waals surface area contributed by atoms with E-state index in [1.54, 1.807) is 6.20 Å². The van der Waals surface area contributed by atoms with Crippen molar-refractivity contribution in [2.75, 3.05) is 7.11 Å². The van der Waals surface area contributed by atoms with Crippen molar-refractivity contribution in [3.8, 4) is 16.9 Å². The van der Waals surface area contributed by atoms with Gasteiger partial charge in [-0.3, -0.25) is 9.78 Å². The van der Waals surface area contributed by atoms with Gasteiger partial charge in [0.25, 0.3) is 0 Å². The molecule has 0 N–H and O–H groups in total. The van der Waals surface area contributed by atoms with Gasteiger partial charge in [0, 0.05) is 30.3 Å². The van der Waals surface area contributed by atoms with Gasteiger partial charge in [0.1, 0.15) is 11.5 Å². The molecule has 3 aromatic rings. The first-order chi connectivity index (χ1) is 13.8. The van der Waals surface area contributed by atoms with Crippen molar-refractivity contribution in [2.24, 2.45) is 0 Å². The third kappa shape index (κ3) is 5.22. The Morgan fingerprint density at radius 2 is 1.69 bits per heavy atom. The summed E-state index contributed by atoms with van der Waals surface area (Å²) in [6.07, 6.45) is -2.72. The molecular weight excluding hydrogens is 379 g/mol. The fourth-order valence-electron chi connectivity index (χ4n) is 3.14. The van der Waals surface area contributed by atoms with E-state index in [0.717, 1.165) is 34.5 Å². The van der Waals surface area contributed by atoms with E-state index in [1.807, 2.05) is 43.3 Å². The molecule has 0 spiro atoms. The van der Waals surface area contributed by atoms with E-state index in [9.17, 15) is 18.0 Å². The van der Waals surface area contributed by atoms with E-state index in [2.05, 4.69) is 4.98 Å². The number of nitrogens with zero attached hydrogens (tertiary/aromatic N) is 1. The number of aryl methyl sites for hydroxylation is 1. The minimum absolute atomic E-state index is 0.127. The average molecular weight is 399 g/mol. The van der Waals surface area contributed by atoms with Crippen LogP contribution in [-0.2, 0) is 23.8 Å². The predicted molar refractivity (Wildman–Crippen MR) is 105 cm³/mol. The van der Waals surface area contributed by atoms with Gasteiger partial charge in [-0.05, 0) is 53.9 Å². The number of halogens is 3. The normalized spacial score (nSPS) is 11.3. The first-order valence-corrected chi connectivity index (χ1v) is 9.04. The number of rotatable bonds is 6. The van der Waals surface area contributed by atoms with Crippen molar-refractivity contribution in [3.05, 3.63) is 83.2 Å². The second kappa shape index (κ2) is 8.47. The highest BCUT2D eigenvalue weighted by Crippen LogP contribution is 2.33. The molecule has 3 rings (SSSR count). The first-order valence-electron chi connectivity index (χ1n) is 9.04. The summed E-state index contributed by atoms with van der Waals surface area (Å²) < 4.78 is 44.0. The number of methoxy groups -OCH3 is 1. The number of Topliss-reactive ketones (excluding diaryl/α,β-unsaturated/α-hetero) is 1. The molecule has 1 heterocycles. The van der Waals surface area contributed by atoms with Crippen molar-refractivity contribution in [1.82, 2.24) is 4.98 Å². The highest BCUT2D eigenvalue weighted by atomic mass is 19.4. The molecule has 150 valence electrons. The Balaban J connectivity index is 1.72. The Bertz CT molecular complexity index is 1010.